The van der Waals surface area contributed by atoms with Crippen molar-refractivity contribution in [3.8, 4) is 11.1 Å². The molecule has 0 amide bonds. The molecule has 0 saturated heterocycles. The molecule has 0 radical (unpaired) electrons. The van der Waals surface area contributed by atoms with Crippen LogP contribution >= 0.6 is 0 Å². The van der Waals surface area contributed by atoms with E-state index >= 15 is 0 Å². The Kier molecular flexibility index (Phi) is 3.00. The topological polar surface area (TPSA) is 17.1 Å². The number of aldehydes is 1. The van der Waals surface area contributed by atoms with Crippen LogP contribution in [0.15, 0.2) is 36.4 Å². The Bertz CT molecular complexity index is 559. The third-order valence-corrected chi connectivity index (χ3v) is 2.68. The summed E-state index contributed by atoms with van der Waals surface area (Å²) < 4.78 is 26.9. The number of rotatable bonds is 2. The molecule has 3 heteroatoms. The summed E-state index contributed by atoms with van der Waals surface area (Å²) in [5.41, 5.74) is 1.48. The van der Waals surface area contributed by atoms with E-state index in [0.717, 1.165) is 6.29 Å². The number of carbonyl (C=O) groups excluding carboxylic acids is 1. The van der Waals surface area contributed by atoms with Gasteiger partial charge in [-0.2, -0.15) is 0 Å². The largest absolute Gasteiger partial charge is 0.298 e. The van der Waals surface area contributed by atoms with Crippen LogP contribution in [0.4, 0.5) is 8.78 Å². The first-order valence-corrected chi connectivity index (χ1v) is 5.13. The fourth-order valence-corrected chi connectivity index (χ4v) is 1.63. The molecular formula is C14H10F2O. The molecule has 0 unspecified atom stereocenters. The zero-order valence-electron chi connectivity index (χ0n) is 9.21. The number of benzene rings is 2. The molecule has 0 heterocycles. The van der Waals surface area contributed by atoms with E-state index in [9.17, 15) is 13.6 Å². The van der Waals surface area contributed by atoms with E-state index in [1.54, 1.807) is 24.3 Å². The van der Waals surface area contributed by atoms with E-state index in [1.807, 2.05) is 0 Å². The molecule has 0 aliphatic rings. The van der Waals surface area contributed by atoms with Gasteiger partial charge in [-0.25, -0.2) is 8.78 Å². The highest BCUT2D eigenvalue weighted by atomic mass is 19.1. The van der Waals surface area contributed by atoms with E-state index in [4.69, 9.17) is 0 Å². The lowest BCUT2D eigenvalue weighted by Crippen LogP contribution is -1.92. The van der Waals surface area contributed by atoms with Crippen molar-refractivity contribution >= 4 is 6.29 Å². The molecule has 0 aromatic heterocycles. The molecule has 1 nitrogen and oxygen atoms in total. The highest BCUT2D eigenvalue weighted by molar-refractivity contribution is 5.77. The maximum atomic E-state index is 13.8. The van der Waals surface area contributed by atoms with E-state index in [0.29, 0.717) is 16.7 Å². The Hall–Kier alpha value is -2.03. The predicted octanol–water partition coefficient (Wildman–Crippen LogP) is 3.75. The van der Waals surface area contributed by atoms with Gasteiger partial charge in [0.25, 0.3) is 0 Å². The molecule has 0 saturated carbocycles. The summed E-state index contributed by atoms with van der Waals surface area (Å²) in [5.74, 6) is -1.13. The fraction of sp³-hybridized carbons (Fsp3) is 0.0714. The minimum absolute atomic E-state index is 0.00182. The van der Waals surface area contributed by atoms with Crippen molar-refractivity contribution in [2.24, 2.45) is 0 Å². The van der Waals surface area contributed by atoms with E-state index in [2.05, 4.69) is 0 Å². The third kappa shape index (κ3) is 2.09. The van der Waals surface area contributed by atoms with Gasteiger partial charge < -0.3 is 0 Å². The Morgan fingerprint density at radius 1 is 1.00 bits per heavy atom. The van der Waals surface area contributed by atoms with Gasteiger partial charge in [-0.3, -0.25) is 4.79 Å². The van der Waals surface area contributed by atoms with Crippen molar-refractivity contribution < 1.29 is 13.6 Å². The van der Waals surface area contributed by atoms with Crippen molar-refractivity contribution in [3.63, 3.8) is 0 Å². The van der Waals surface area contributed by atoms with Crippen LogP contribution in [0.25, 0.3) is 11.1 Å². The van der Waals surface area contributed by atoms with Gasteiger partial charge in [0, 0.05) is 16.7 Å². The van der Waals surface area contributed by atoms with Crippen molar-refractivity contribution in [2.45, 2.75) is 6.92 Å². The van der Waals surface area contributed by atoms with Crippen LogP contribution in [0.3, 0.4) is 0 Å². The summed E-state index contributed by atoms with van der Waals surface area (Å²) in [6.07, 6.45) is 0.718. The second-order valence-corrected chi connectivity index (χ2v) is 3.77. The van der Waals surface area contributed by atoms with E-state index in [-0.39, 0.29) is 5.56 Å². The van der Waals surface area contributed by atoms with Gasteiger partial charge in [0.15, 0.2) is 0 Å². The highest BCUT2D eigenvalue weighted by Crippen LogP contribution is 2.26. The second-order valence-electron chi connectivity index (χ2n) is 3.77. The first kappa shape index (κ1) is 11.5. The Morgan fingerprint density at radius 3 is 2.24 bits per heavy atom. The Morgan fingerprint density at radius 2 is 1.65 bits per heavy atom. The van der Waals surface area contributed by atoms with Crippen LogP contribution in [-0.4, -0.2) is 6.29 Å². The predicted molar refractivity (Wildman–Crippen MR) is 61.9 cm³/mol. The molecule has 0 bridgehead atoms. The summed E-state index contributed by atoms with van der Waals surface area (Å²) in [4.78, 5) is 10.5. The molecule has 0 N–H and O–H groups in total. The van der Waals surface area contributed by atoms with Crippen LogP contribution in [0.1, 0.15) is 15.9 Å². The molecule has 2 aromatic rings. The fourth-order valence-electron chi connectivity index (χ4n) is 1.63. The van der Waals surface area contributed by atoms with E-state index < -0.39 is 11.6 Å². The van der Waals surface area contributed by atoms with Gasteiger partial charge in [0.2, 0.25) is 0 Å². The standard InChI is InChI=1S/C14H10F2O/c1-9-13(15)7-6-12(14(9)16)11-4-2-10(8-17)3-5-11/h2-8H,1H3. The monoisotopic (exact) mass is 232 g/mol. The second kappa shape index (κ2) is 4.45. The normalized spacial score (nSPS) is 10.3. The number of hydrogen-bond donors (Lipinski definition) is 0. The Labute approximate surface area is 97.7 Å². The maximum Gasteiger partial charge on any atom is 0.150 e. The average molecular weight is 232 g/mol. The summed E-state index contributed by atoms with van der Waals surface area (Å²) >= 11 is 0. The van der Waals surface area contributed by atoms with Crippen molar-refractivity contribution in [3.05, 3.63) is 59.2 Å². The van der Waals surface area contributed by atoms with Crippen LogP contribution < -0.4 is 0 Å². The van der Waals surface area contributed by atoms with Crippen molar-refractivity contribution in [1.29, 1.82) is 0 Å². The molecule has 86 valence electrons. The molecule has 0 atom stereocenters. The lowest BCUT2D eigenvalue weighted by atomic mass is 10.0. The maximum absolute atomic E-state index is 13.8. The van der Waals surface area contributed by atoms with Gasteiger partial charge in [-0.15, -0.1) is 0 Å². The summed E-state index contributed by atoms with van der Waals surface area (Å²) in [5, 5.41) is 0. The zero-order valence-corrected chi connectivity index (χ0v) is 9.21. The van der Waals surface area contributed by atoms with Crippen LogP contribution in [0.5, 0.6) is 0 Å². The first-order valence-electron chi connectivity index (χ1n) is 5.13. The van der Waals surface area contributed by atoms with Crippen LogP contribution in [0.2, 0.25) is 0 Å². The number of hydrogen-bond acceptors (Lipinski definition) is 1. The lowest BCUT2D eigenvalue weighted by molar-refractivity contribution is 0.112. The number of carbonyl (C=O) groups is 1. The van der Waals surface area contributed by atoms with Gasteiger partial charge in [0.1, 0.15) is 17.9 Å². The van der Waals surface area contributed by atoms with Crippen LogP contribution in [-0.2, 0) is 0 Å². The quantitative estimate of drug-likeness (QED) is 0.720. The number of halogens is 2. The summed E-state index contributed by atoms with van der Waals surface area (Å²) in [6, 6.07) is 9.11. The molecule has 0 aliphatic heterocycles. The van der Waals surface area contributed by atoms with Gasteiger partial charge in [-0.1, -0.05) is 24.3 Å². The molecule has 2 aromatic carbocycles. The molecule has 0 aliphatic carbocycles. The minimum Gasteiger partial charge on any atom is -0.298 e. The molecule has 0 fully saturated rings. The lowest BCUT2D eigenvalue weighted by Gasteiger charge is -2.06. The first-order chi connectivity index (χ1) is 8.13. The summed E-state index contributed by atoms with van der Waals surface area (Å²) in [7, 11) is 0. The smallest absolute Gasteiger partial charge is 0.150 e. The zero-order chi connectivity index (χ0) is 12.4. The van der Waals surface area contributed by atoms with Crippen LogP contribution in [0, 0.1) is 18.6 Å². The van der Waals surface area contributed by atoms with E-state index in [1.165, 1.54) is 19.1 Å². The molecule has 0 spiro atoms. The molecular weight excluding hydrogens is 222 g/mol. The Balaban J connectivity index is 2.53. The van der Waals surface area contributed by atoms with Gasteiger partial charge >= 0.3 is 0 Å². The third-order valence-electron chi connectivity index (χ3n) is 2.68. The average Bonchev–Trinajstić information content (AvgIpc) is 2.36. The van der Waals surface area contributed by atoms with Crippen molar-refractivity contribution in [2.75, 3.05) is 0 Å². The molecule has 17 heavy (non-hydrogen) atoms. The molecule has 2 rings (SSSR count). The SMILES string of the molecule is Cc1c(F)ccc(-c2ccc(C=O)cc2)c1F. The summed E-state index contributed by atoms with van der Waals surface area (Å²) in [6.45, 7) is 1.40. The highest BCUT2D eigenvalue weighted by Gasteiger charge is 2.10. The van der Waals surface area contributed by atoms with Crippen molar-refractivity contribution in [1.82, 2.24) is 0 Å². The minimum atomic E-state index is -0.566. The van der Waals surface area contributed by atoms with Gasteiger partial charge in [-0.05, 0) is 24.6 Å². The van der Waals surface area contributed by atoms with Gasteiger partial charge in [0.05, 0.1) is 0 Å².